The number of hydrogen-bond acceptors (Lipinski definition) is 9. The van der Waals surface area contributed by atoms with Gasteiger partial charge < -0.3 is 24.4 Å². The van der Waals surface area contributed by atoms with Gasteiger partial charge in [0.2, 0.25) is 0 Å². The molecule has 1 aliphatic heterocycles. The molecule has 1 aliphatic carbocycles. The van der Waals surface area contributed by atoms with Gasteiger partial charge in [0.15, 0.2) is 0 Å². The van der Waals surface area contributed by atoms with Crippen molar-refractivity contribution in [3.63, 3.8) is 0 Å². The maximum atomic E-state index is 13.1. The zero-order chi connectivity index (χ0) is 36.8. The van der Waals surface area contributed by atoms with Gasteiger partial charge in [0.05, 0.1) is 28.8 Å². The quantitative estimate of drug-likeness (QED) is 0.104. The van der Waals surface area contributed by atoms with Gasteiger partial charge in [0.1, 0.15) is 47.7 Å². The minimum atomic E-state index is -1.60. The number of rotatable bonds is 16. The highest BCUT2D eigenvalue weighted by Gasteiger charge is 2.33. The topological polar surface area (TPSA) is 137 Å². The van der Waals surface area contributed by atoms with Crippen molar-refractivity contribution >= 4 is 29.2 Å². The van der Waals surface area contributed by atoms with Crippen LogP contribution in [0.1, 0.15) is 53.7 Å². The Morgan fingerprint density at radius 2 is 1.88 bits per heavy atom. The second-order valence-electron chi connectivity index (χ2n) is 13.2. The Morgan fingerprint density at radius 1 is 1.10 bits per heavy atom. The van der Waals surface area contributed by atoms with Gasteiger partial charge in [0.25, 0.3) is 0 Å². The van der Waals surface area contributed by atoms with Crippen LogP contribution in [-0.2, 0) is 24.4 Å². The molecular weight excluding hydrogens is 710 g/mol. The number of aliphatic hydroxyl groups excluding tert-OH is 1. The summed E-state index contributed by atoms with van der Waals surface area (Å²) >= 11 is 13.7. The smallest absolute Gasteiger partial charge is 0.326 e. The van der Waals surface area contributed by atoms with E-state index in [1.54, 1.807) is 24.4 Å². The Labute approximate surface area is 311 Å². The molecule has 0 spiro atoms. The van der Waals surface area contributed by atoms with Crippen LogP contribution >= 0.6 is 23.2 Å². The summed E-state index contributed by atoms with van der Waals surface area (Å²) in [5.74, 6) is 0.149. The molecule has 1 aromatic heterocycles. The van der Waals surface area contributed by atoms with Crippen LogP contribution in [0.3, 0.4) is 0 Å². The number of halogens is 3. The lowest BCUT2D eigenvalue weighted by atomic mass is 9.96. The molecule has 1 fully saturated rings. The molecule has 6 rings (SSSR count). The van der Waals surface area contributed by atoms with Crippen LogP contribution in [0.25, 0.3) is 11.1 Å². The summed E-state index contributed by atoms with van der Waals surface area (Å²) in [6.45, 7) is 3.08. The monoisotopic (exact) mass is 748 g/mol. The molecule has 3 N–H and O–H groups in total. The molecule has 4 aromatic rings. The number of carbonyl (C=O) groups is 1. The minimum Gasteiger partial charge on any atom is -0.492 e. The lowest BCUT2D eigenvalue weighted by Crippen LogP contribution is -2.52. The SMILES string of the molecule is C[C@@](CO)(NCc1cc(Cl)c(O[C@H]2CCc3c(-c4cccc(OCCCN5CC(F)C5)c4Cl)cccc32)cc1OCc1cncc(C#N)c1)C(=O)O. The molecule has 0 bridgehead atoms. The third-order valence-corrected chi connectivity index (χ3v) is 10.1. The number of carboxylic acids is 1. The molecule has 1 saturated heterocycles. The van der Waals surface area contributed by atoms with Crippen LogP contribution in [0.5, 0.6) is 17.2 Å². The van der Waals surface area contributed by atoms with Gasteiger partial charge in [0, 0.05) is 61.3 Å². The fourth-order valence-electron chi connectivity index (χ4n) is 6.35. The largest absolute Gasteiger partial charge is 0.492 e. The van der Waals surface area contributed by atoms with Crippen molar-refractivity contribution in [1.29, 1.82) is 5.26 Å². The predicted octanol–water partition coefficient (Wildman–Crippen LogP) is 6.92. The molecule has 0 saturated carbocycles. The number of nitrogens with one attached hydrogen (secondary N) is 1. The molecular formula is C39H39Cl2FN4O6. The molecule has 2 heterocycles. The van der Waals surface area contributed by atoms with Crippen molar-refractivity contribution in [3.8, 4) is 34.4 Å². The van der Waals surface area contributed by atoms with E-state index in [1.165, 1.54) is 13.1 Å². The van der Waals surface area contributed by atoms with E-state index in [2.05, 4.69) is 21.3 Å². The van der Waals surface area contributed by atoms with Gasteiger partial charge in [-0.2, -0.15) is 5.26 Å². The summed E-state index contributed by atoms with van der Waals surface area (Å²) in [7, 11) is 0. The minimum absolute atomic E-state index is 0.0202. The highest BCUT2D eigenvalue weighted by Crippen LogP contribution is 2.45. The van der Waals surface area contributed by atoms with Crippen molar-refractivity contribution in [2.24, 2.45) is 0 Å². The first kappa shape index (κ1) is 37.3. The number of alkyl halides is 1. The van der Waals surface area contributed by atoms with Crippen LogP contribution in [0, 0.1) is 11.3 Å². The van der Waals surface area contributed by atoms with Gasteiger partial charge in [-0.3, -0.25) is 20.0 Å². The van der Waals surface area contributed by atoms with Gasteiger partial charge in [-0.05, 0) is 61.1 Å². The molecule has 13 heteroatoms. The van der Waals surface area contributed by atoms with Crippen LogP contribution in [0.2, 0.25) is 10.0 Å². The Balaban J connectivity index is 1.21. The predicted molar refractivity (Wildman–Crippen MR) is 195 cm³/mol. The van der Waals surface area contributed by atoms with Crippen LogP contribution in [0.4, 0.5) is 4.39 Å². The van der Waals surface area contributed by atoms with Gasteiger partial charge >= 0.3 is 5.97 Å². The summed E-state index contributed by atoms with van der Waals surface area (Å²) in [6, 6.07) is 18.9. The van der Waals surface area contributed by atoms with Crippen molar-refractivity contribution in [2.45, 2.75) is 57.2 Å². The molecule has 272 valence electrons. The summed E-state index contributed by atoms with van der Waals surface area (Å²) in [5.41, 5.74) is 3.96. The average molecular weight is 750 g/mol. The zero-order valence-electron chi connectivity index (χ0n) is 28.6. The van der Waals surface area contributed by atoms with Crippen molar-refractivity contribution in [3.05, 3.63) is 105 Å². The van der Waals surface area contributed by atoms with Gasteiger partial charge in [-0.25, -0.2) is 4.39 Å². The number of aliphatic hydroxyl groups is 1. The fraction of sp³-hybridized carbons (Fsp3) is 0.359. The van der Waals surface area contributed by atoms with Crippen molar-refractivity contribution in [2.75, 3.05) is 32.8 Å². The lowest BCUT2D eigenvalue weighted by molar-refractivity contribution is -0.145. The maximum absolute atomic E-state index is 13.1. The number of benzene rings is 3. The third kappa shape index (κ3) is 8.44. The first-order valence-corrected chi connectivity index (χ1v) is 17.8. The average Bonchev–Trinajstić information content (AvgIpc) is 3.55. The first-order valence-electron chi connectivity index (χ1n) is 17.0. The number of likely N-dealkylation sites (tertiary alicyclic amines) is 1. The Morgan fingerprint density at radius 3 is 2.63 bits per heavy atom. The highest BCUT2D eigenvalue weighted by atomic mass is 35.5. The van der Waals surface area contributed by atoms with E-state index in [0.29, 0.717) is 70.1 Å². The van der Waals surface area contributed by atoms with Gasteiger partial charge in [-0.15, -0.1) is 0 Å². The normalized spacial score (nSPS) is 16.7. The molecule has 0 amide bonds. The molecule has 10 nitrogen and oxygen atoms in total. The molecule has 52 heavy (non-hydrogen) atoms. The van der Waals surface area contributed by atoms with E-state index in [1.807, 2.05) is 36.4 Å². The van der Waals surface area contributed by atoms with Crippen molar-refractivity contribution in [1.82, 2.24) is 15.2 Å². The van der Waals surface area contributed by atoms with E-state index >= 15 is 0 Å². The number of hydrogen-bond donors (Lipinski definition) is 3. The van der Waals surface area contributed by atoms with Crippen LogP contribution < -0.4 is 19.5 Å². The standard InChI is InChI=1S/C39H39Cl2FN4O6/c1-39(23-47,38(48)49)45-19-26-14-32(40)36(15-35(26)51-22-25-13-24(16-43)17-44-18-25)52-33-10-9-29-28(5-2-6-30(29)33)31-7-3-8-34(37(31)41)50-12-4-11-46-20-27(42)21-46/h2-3,5-8,13-15,17-18,27,33,45,47H,4,9-12,19-23H2,1H3,(H,48,49)/t33-,39-/m0/s1. The number of carboxylic acid groups (broad SMARTS) is 1. The van der Waals surface area contributed by atoms with E-state index in [0.717, 1.165) is 41.6 Å². The number of nitriles is 1. The molecule has 0 unspecified atom stereocenters. The van der Waals surface area contributed by atoms with E-state index < -0.39 is 24.3 Å². The van der Waals surface area contributed by atoms with E-state index in [-0.39, 0.29) is 19.3 Å². The molecule has 0 radical (unpaired) electrons. The Hall–Kier alpha value is -4.44. The number of pyridine rings is 1. The highest BCUT2D eigenvalue weighted by molar-refractivity contribution is 6.35. The summed E-state index contributed by atoms with van der Waals surface area (Å²) in [5, 5.41) is 32.4. The third-order valence-electron chi connectivity index (χ3n) is 9.42. The molecule has 2 atom stereocenters. The first-order chi connectivity index (χ1) is 25.1. The number of nitrogens with zero attached hydrogens (tertiary/aromatic N) is 3. The molecule has 3 aromatic carbocycles. The number of ether oxygens (including phenoxy) is 3. The fourth-order valence-corrected chi connectivity index (χ4v) is 6.86. The number of aliphatic carboxylic acids is 1. The van der Waals surface area contributed by atoms with Crippen molar-refractivity contribution < 1.29 is 33.6 Å². The second-order valence-corrected chi connectivity index (χ2v) is 14.0. The van der Waals surface area contributed by atoms with Crippen LogP contribution in [0.15, 0.2) is 67.0 Å². The Bertz CT molecular complexity index is 1970. The number of fused-ring (bicyclic) bond motifs is 1. The summed E-state index contributed by atoms with van der Waals surface area (Å²) in [6.07, 6.45) is 4.21. The molecule has 2 aliphatic rings. The lowest BCUT2D eigenvalue weighted by Gasteiger charge is -2.34. The van der Waals surface area contributed by atoms with Gasteiger partial charge in [-0.1, -0.05) is 53.5 Å². The zero-order valence-corrected chi connectivity index (χ0v) is 30.1. The van der Waals surface area contributed by atoms with Crippen LogP contribution in [-0.4, -0.2) is 70.6 Å². The second kappa shape index (κ2) is 16.5. The summed E-state index contributed by atoms with van der Waals surface area (Å²) < 4.78 is 31.9. The maximum Gasteiger partial charge on any atom is 0.326 e. The van der Waals surface area contributed by atoms with E-state index in [4.69, 9.17) is 37.4 Å². The summed E-state index contributed by atoms with van der Waals surface area (Å²) in [4.78, 5) is 18.0. The number of aromatic nitrogens is 1. The Kier molecular flexibility index (Phi) is 11.8. The van der Waals surface area contributed by atoms with E-state index in [9.17, 15) is 24.7 Å².